The SMILES string of the molecule is Nc1n(COc2ccc(Cl)cc2Br)c2ccccc2[n+]1COc1ccc(Cl)cc1Br.[Cl-]. The summed E-state index contributed by atoms with van der Waals surface area (Å²) in [6.07, 6.45) is 0. The van der Waals surface area contributed by atoms with Crippen molar-refractivity contribution < 1.29 is 26.4 Å². The Hall–Kier alpha value is -1.64. The van der Waals surface area contributed by atoms with Crippen molar-refractivity contribution in [2.24, 2.45) is 0 Å². The first-order valence-corrected chi connectivity index (χ1v) is 11.2. The Bertz CT molecular complexity index is 1140. The fourth-order valence-electron chi connectivity index (χ4n) is 3.04. The van der Waals surface area contributed by atoms with Crippen LogP contribution in [0.2, 0.25) is 10.0 Å². The van der Waals surface area contributed by atoms with Crippen LogP contribution in [0, 0.1) is 0 Å². The molecule has 2 N–H and O–H groups in total. The number of nitrogens with zero attached hydrogens (tertiary/aromatic N) is 2. The Labute approximate surface area is 212 Å². The summed E-state index contributed by atoms with van der Waals surface area (Å²) in [4.78, 5) is 0. The molecular weight excluding hydrogens is 592 g/mol. The van der Waals surface area contributed by atoms with E-state index in [0.29, 0.717) is 27.5 Å². The fraction of sp³-hybridized carbons (Fsp3) is 0.0952. The van der Waals surface area contributed by atoms with Gasteiger partial charge in [0, 0.05) is 10.0 Å². The van der Waals surface area contributed by atoms with E-state index in [4.69, 9.17) is 38.4 Å². The highest BCUT2D eigenvalue weighted by molar-refractivity contribution is 9.10. The van der Waals surface area contributed by atoms with Gasteiger partial charge in [-0.25, -0.2) is 0 Å². The highest BCUT2D eigenvalue weighted by atomic mass is 79.9. The number of hydrogen-bond donors (Lipinski definition) is 1. The average molecular weight is 609 g/mol. The van der Waals surface area contributed by atoms with E-state index in [2.05, 4.69) is 31.9 Å². The lowest BCUT2D eigenvalue weighted by Gasteiger charge is -2.09. The molecule has 3 aromatic carbocycles. The van der Waals surface area contributed by atoms with Crippen LogP contribution in [-0.2, 0) is 13.5 Å². The Morgan fingerprint density at radius 3 is 2.06 bits per heavy atom. The molecule has 0 aliphatic heterocycles. The van der Waals surface area contributed by atoms with Crippen LogP contribution in [0.5, 0.6) is 11.5 Å². The standard InChI is InChI=1S/C21H15Br2Cl2N3O2.ClH/c22-15-9-13(24)5-7-19(15)29-11-27-17-3-1-2-4-18(17)28(21(27)26)12-30-20-8-6-14(25)10-16(20)23;/h1-10,26H,11-12H2;1H. The lowest BCUT2D eigenvalue weighted by atomic mass is 10.3. The molecule has 0 aliphatic rings. The summed E-state index contributed by atoms with van der Waals surface area (Å²) in [5.41, 5.74) is 8.33. The number of hydrogen-bond acceptors (Lipinski definition) is 3. The van der Waals surface area contributed by atoms with Crippen LogP contribution in [-0.4, -0.2) is 4.57 Å². The molecular formula is C21H16Br2Cl3N3O2. The zero-order valence-corrected chi connectivity index (χ0v) is 21.3. The first kappa shape index (κ1) is 24.0. The molecule has 0 spiro atoms. The number of imidazole rings is 1. The van der Waals surface area contributed by atoms with Gasteiger partial charge < -0.3 is 21.9 Å². The normalized spacial score (nSPS) is 10.7. The van der Waals surface area contributed by atoms with E-state index in [1.54, 1.807) is 24.3 Å². The first-order valence-electron chi connectivity index (χ1n) is 8.86. The van der Waals surface area contributed by atoms with Gasteiger partial charge in [-0.3, -0.25) is 5.73 Å². The van der Waals surface area contributed by atoms with Gasteiger partial charge in [0.2, 0.25) is 13.5 Å². The van der Waals surface area contributed by atoms with Gasteiger partial charge >= 0.3 is 5.95 Å². The third-order valence-electron chi connectivity index (χ3n) is 4.50. The number of halogens is 5. The summed E-state index contributed by atoms with van der Waals surface area (Å²) < 4.78 is 17.3. The molecule has 0 saturated carbocycles. The molecule has 1 heterocycles. The van der Waals surface area contributed by atoms with Crippen LogP contribution in [0.4, 0.5) is 5.95 Å². The molecule has 0 aliphatic carbocycles. The van der Waals surface area contributed by atoms with Crippen LogP contribution >= 0.6 is 55.1 Å². The minimum absolute atomic E-state index is 0. The lowest BCUT2D eigenvalue weighted by molar-refractivity contribution is -0.687. The van der Waals surface area contributed by atoms with Gasteiger partial charge in [0.25, 0.3) is 0 Å². The second kappa shape index (κ2) is 10.3. The maximum absolute atomic E-state index is 6.47. The van der Waals surface area contributed by atoms with Gasteiger partial charge in [0.05, 0.1) is 8.95 Å². The van der Waals surface area contributed by atoms with Crippen molar-refractivity contribution in [3.8, 4) is 11.5 Å². The number of benzene rings is 3. The molecule has 0 radical (unpaired) electrons. The second-order valence-corrected chi connectivity index (χ2v) is 8.98. The number of rotatable bonds is 6. The van der Waals surface area contributed by atoms with E-state index < -0.39 is 0 Å². The van der Waals surface area contributed by atoms with Gasteiger partial charge in [-0.2, -0.15) is 9.13 Å². The van der Waals surface area contributed by atoms with Crippen LogP contribution in [0.25, 0.3) is 11.0 Å². The highest BCUT2D eigenvalue weighted by Gasteiger charge is 2.22. The summed E-state index contributed by atoms with van der Waals surface area (Å²) in [6, 6.07) is 18.6. The van der Waals surface area contributed by atoms with E-state index in [1.165, 1.54) is 0 Å². The summed E-state index contributed by atoms with van der Waals surface area (Å²) in [5, 5.41) is 1.26. The molecule has 0 fully saturated rings. The molecule has 0 bridgehead atoms. The summed E-state index contributed by atoms with van der Waals surface area (Å²) in [6.45, 7) is 0.453. The molecule has 4 aromatic rings. The van der Waals surface area contributed by atoms with Crippen molar-refractivity contribution in [2.75, 3.05) is 5.73 Å². The molecule has 162 valence electrons. The predicted molar refractivity (Wildman–Crippen MR) is 126 cm³/mol. The Morgan fingerprint density at radius 2 is 1.45 bits per heavy atom. The van der Waals surface area contributed by atoms with E-state index in [9.17, 15) is 0 Å². The topological polar surface area (TPSA) is 53.3 Å². The van der Waals surface area contributed by atoms with Crippen molar-refractivity contribution in [1.82, 2.24) is 4.57 Å². The number of fused-ring (bicyclic) bond motifs is 1. The van der Waals surface area contributed by atoms with Crippen molar-refractivity contribution in [3.05, 3.63) is 79.7 Å². The maximum Gasteiger partial charge on any atom is 0.361 e. The van der Waals surface area contributed by atoms with Crippen molar-refractivity contribution in [2.45, 2.75) is 13.5 Å². The molecule has 0 atom stereocenters. The van der Waals surface area contributed by atoms with Gasteiger partial charge in [0.15, 0.2) is 0 Å². The zero-order chi connectivity index (χ0) is 21.3. The van der Waals surface area contributed by atoms with E-state index >= 15 is 0 Å². The summed E-state index contributed by atoms with van der Waals surface area (Å²) >= 11 is 18.9. The van der Waals surface area contributed by atoms with Crippen LogP contribution in [0.1, 0.15) is 0 Å². The van der Waals surface area contributed by atoms with Gasteiger partial charge in [-0.1, -0.05) is 35.3 Å². The number of para-hydroxylation sites is 2. The van der Waals surface area contributed by atoms with Gasteiger partial charge in [0.1, 0.15) is 22.5 Å². The number of anilines is 1. The Morgan fingerprint density at radius 1 is 0.871 bits per heavy atom. The summed E-state index contributed by atoms with van der Waals surface area (Å²) in [5.74, 6) is 1.85. The van der Waals surface area contributed by atoms with E-state index in [1.807, 2.05) is 45.5 Å². The molecule has 0 saturated heterocycles. The molecule has 10 heteroatoms. The van der Waals surface area contributed by atoms with Crippen LogP contribution in [0.3, 0.4) is 0 Å². The molecule has 0 amide bonds. The third-order valence-corrected chi connectivity index (χ3v) is 6.21. The molecule has 1 aromatic heterocycles. The van der Waals surface area contributed by atoms with Gasteiger partial charge in [-0.15, -0.1) is 0 Å². The maximum atomic E-state index is 6.47. The molecule has 5 nitrogen and oxygen atoms in total. The molecule has 31 heavy (non-hydrogen) atoms. The monoisotopic (exact) mass is 605 g/mol. The quantitative estimate of drug-likeness (QED) is 0.342. The number of aromatic nitrogens is 2. The van der Waals surface area contributed by atoms with Crippen LogP contribution < -0.4 is 32.2 Å². The predicted octanol–water partition coefficient (Wildman–Crippen LogP) is 3.42. The minimum Gasteiger partial charge on any atom is -1.00 e. The molecule has 0 unspecified atom stereocenters. The van der Waals surface area contributed by atoms with Crippen molar-refractivity contribution in [1.29, 1.82) is 0 Å². The number of nitrogens with two attached hydrogens (primary N) is 1. The van der Waals surface area contributed by atoms with Crippen molar-refractivity contribution >= 4 is 72.0 Å². The lowest BCUT2D eigenvalue weighted by Crippen LogP contribution is -3.00. The van der Waals surface area contributed by atoms with Gasteiger partial charge in [-0.05, 0) is 80.4 Å². The smallest absolute Gasteiger partial charge is 0.361 e. The van der Waals surface area contributed by atoms with Crippen LogP contribution in [0.15, 0.2) is 69.6 Å². The first-order chi connectivity index (χ1) is 14.4. The highest BCUT2D eigenvalue weighted by Crippen LogP contribution is 2.30. The van der Waals surface area contributed by atoms with E-state index in [-0.39, 0.29) is 25.9 Å². The van der Waals surface area contributed by atoms with Crippen molar-refractivity contribution in [3.63, 3.8) is 0 Å². The summed E-state index contributed by atoms with van der Waals surface area (Å²) in [7, 11) is 0. The largest absolute Gasteiger partial charge is 1.00 e. The Kier molecular flexibility index (Phi) is 7.99. The van der Waals surface area contributed by atoms with E-state index in [0.717, 1.165) is 20.0 Å². The zero-order valence-electron chi connectivity index (χ0n) is 15.9. The minimum atomic E-state index is 0. The fourth-order valence-corrected chi connectivity index (χ4v) is 4.63. The third kappa shape index (κ3) is 5.23. The number of nitrogen functional groups attached to an aromatic ring is 1. The second-order valence-electron chi connectivity index (χ2n) is 6.40. The Balaban J connectivity index is 0.00000272. The molecule has 4 rings (SSSR count). The number of ether oxygens (including phenoxy) is 2. The average Bonchev–Trinajstić information content (AvgIpc) is 2.98.